The standard InChI is InChI=1S/C19H24BNO2/c1-2-3-11-23-19(22)14-9-10-15-16(12-14)21-18(20)17(15)13-7-5-4-6-8-13/h9-10,12-13,21H,2-8,11H2,1H3. The van der Waals surface area contributed by atoms with Gasteiger partial charge in [-0.3, -0.25) is 0 Å². The molecule has 1 aliphatic rings. The van der Waals surface area contributed by atoms with Gasteiger partial charge in [0.2, 0.25) is 0 Å². The summed E-state index contributed by atoms with van der Waals surface area (Å²) in [6.07, 6.45) is 8.21. The Morgan fingerprint density at radius 1 is 1.30 bits per heavy atom. The molecule has 3 rings (SSSR count). The maximum atomic E-state index is 12.1. The second-order valence-corrected chi connectivity index (χ2v) is 6.54. The number of hydrogen-bond acceptors (Lipinski definition) is 2. The molecule has 2 aromatic rings. The molecule has 1 fully saturated rings. The van der Waals surface area contributed by atoms with Gasteiger partial charge in [-0.05, 0) is 48.5 Å². The van der Waals surface area contributed by atoms with Crippen molar-refractivity contribution in [2.45, 2.75) is 57.8 Å². The van der Waals surface area contributed by atoms with E-state index < -0.39 is 0 Å². The van der Waals surface area contributed by atoms with E-state index in [1.807, 2.05) is 18.2 Å². The zero-order valence-corrected chi connectivity index (χ0v) is 13.9. The van der Waals surface area contributed by atoms with E-state index >= 15 is 0 Å². The molecule has 0 saturated heterocycles. The first kappa shape index (κ1) is 16.2. The molecular weight excluding hydrogens is 285 g/mol. The summed E-state index contributed by atoms with van der Waals surface area (Å²) in [5, 5.41) is 1.15. The first-order chi connectivity index (χ1) is 11.2. The minimum atomic E-state index is -0.257. The summed E-state index contributed by atoms with van der Waals surface area (Å²) in [6.45, 7) is 2.56. The van der Waals surface area contributed by atoms with Crippen LogP contribution in [0.15, 0.2) is 18.2 Å². The molecule has 1 aliphatic carbocycles. The number of H-pyrrole nitrogens is 1. The summed E-state index contributed by atoms with van der Waals surface area (Å²) in [6, 6.07) is 5.74. The Morgan fingerprint density at radius 3 is 2.83 bits per heavy atom. The molecule has 1 saturated carbocycles. The molecule has 0 amide bonds. The summed E-state index contributed by atoms with van der Waals surface area (Å²) in [5.74, 6) is 0.285. The average molecular weight is 309 g/mol. The van der Waals surface area contributed by atoms with E-state index in [1.165, 1.54) is 37.7 Å². The number of benzene rings is 1. The van der Waals surface area contributed by atoms with E-state index in [1.54, 1.807) is 0 Å². The van der Waals surface area contributed by atoms with Gasteiger partial charge in [-0.1, -0.05) is 38.7 Å². The molecule has 4 heteroatoms. The second-order valence-electron chi connectivity index (χ2n) is 6.54. The van der Waals surface area contributed by atoms with Gasteiger partial charge in [0.05, 0.1) is 12.2 Å². The minimum absolute atomic E-state index is 0.257. The Hall–Kier alpha value is -1.71. The normalized spacial score (nSPS) is 15.9. The van der Waals surface area contributed by atoms with Crippen LogP contribution in [0.5, 0.6) is 0 Å². The van der Waals surface area contributed by atoms with Crippen LogP contribution < -0.4 is 5.59 Å². The Balaban J connectivity index is 1.85. The number of aromatic amines is 1. The SMILES string of the molecule is [B]c1[nH]c2cc(C(=O)OCCCC)ccc2c1C1CCCCC1. The first-order valence-corrected chi connectivity index (χ1v) is 8.79. The van der Waals surface area contributed by atoms with E-state index in [2.05, 4.69) is 11.9 Å². The van der Waals surface area contributed by atoms with Crippen molar-refractivity contribution in [2.24, 2.45) is 0 Å². The number of aromatic nitrogens is 1. The Bertz CT molecular complexity index is 686. The van der Waals surface area contributed by atoms with Gasteiger partial charge >= 0.3 is 5.97 Å². The number of fused-ring (bicyclic) bond motifs is 1. The quantitative estimate of drug-likeness (QED) is 0.516. The maximum absolute atomic E-state index is 12.1. The van der Waals surface area contributed by atoms with E-state index in [9.17, 15) is 4.79 Å². The highest BCUT2D eigenvalue weighted by atomic mass is 16.5. The van der Waals surface area contributed by atoms with Crippen LogP contribution in [0.25, 0.3) is 10.9 Å². The molecule has 1 aromatic heterocycles. The van der Waals surface area contributed by atoms with Crippen LogP contribution in [0.4, 0.5) is 0 Å². The summed E-state index contributed by atoms with van der Waals surface area (Å²) in [5.41, 5.74) is 3.52. The van der Waals surface area contributed by atoms with Crippen LogP contribution in [0.2, 0.25) is 0 Å². The van der Waals surface area contributed by atoms with Gasteiger partial charge in [0, 0.05) is 10.9 Å². The van der Waals surface area contributed by atoms with Crippen molar-refractivity contribution < 1.29 is 9.53 Å². The van der Waals surface area contributed by atoms with Crippen LogP contribution in [0.3, 0.4) is 0 Å². The van der Waals surface area contributed by atoms with Gasteiger partial charge in [-0.2, -0.15) is 0 Å². The molecule has 1 N–H and O–H groups in total. The molecule has 23 heavy (non-hydrogen) atoms. The number of hydrogen-bond donors (Lipinski definition) is 1. The Kier molecular flexibility index (Phi) is 5.09. The monoisotopic (exact) mass is 309 g/mol. The Labute approximate surface area is 139 Å². The zero-order valence-electron chi connectivity index (χ0n) is 13.9. The fraction of sp³-hybridized carbons (Fsp3) is 0.526. The fourth-order valence-corrected chi connectivity index (χ4v) is 3.59. The molecule has 0 unspecified atom stereocenters. The van der Waals surface area contributed by atoms with Crippen LogP contribution in [0, 0.1) is 0 Å². The molecule has 0 spiro atoms. The van der Waals surface area contributed by atoms with Crippen molar-refractivity contribution in [3.63, 3.8) is 0 Å². The lowest BCUT2D eigenvalue weighted by Gasteiger charge is -2.22. The highest BCUT2D eigenvalue weighted by molar-refractivity contribution is 6.34. The van der Waals surface area contributed by atoms with Crippen LogP contribution in [-0.4, -0.2) is 25.4 Å². The van der Waals surface area contributed by atoms with Gasteiger partial charge in [-0.25, -0.2) is 4.79 Å². The van der Waals surface area contributed by atoms with Crippen molar-refractivity contribution in [1.82, 2.24) is 4.98 Å². The number of carbonyl (C=O) groups is 1. The molecule has 120 valence electrons. The van der Waals surface area contributed by atoms with E-state index in [-0.39, 0.29) is 5.97 Å². The lowest BCUT2D eigenvalue weighted by atomic mass is 9.80. The highest BCUT2D eigenvalue weighted by Crippen LogP contribution is 2.35. The lowest BCUT2D eigenvalue weighted by Crippen LogP contribution is -2.15. The fourth-order valence-electron chi connectivity index (χ4n) is 3.59. The number of carbonyl (C=O) groups excluding carboxylic acids is 1. The molecule has 1 heterocycles. The number of rotatable bonds is 5. The molecule has 0 bridgehead atoms. The molecule has 3 nitrogen and oxygen atoms in total. The van der Waals surface area contributed by atoms with Crippen molar-refractivity contribution in [2.75, 3.05) is 6.61 Å². The van der Waals surface area contributed by atoms with Crippen LogP contribution >= 0.6 is 0 Å². The lowest BCUT2D eigenvalue weighted by molar-refractivity contribution is 0.0500. The summed E-state index contributed by atoms with van der Waals surface area (Å²) < 4.78 is 5.29. The van der Waals surface area contributed by atoms with E-state index in [0.29, 0.717) is 18.1 Å². The molecular formula is C19H24BNO2. The van der Waals surface area contributed by atoms with Crippen molar-refractivity contribution in [3.05, 3.63) is 29.3 Å². The van der Waals surface area contributed by atoms with Gasteiger partial charge in [0.1, 0.15) is 7.85 Å². The number of nitrogens with one attached hydrogen (secondary N) is 1. The topological polar surface area (TPSA) is 42.1 Å². The second kappa shape index (κ2) is 7.24. The third kappa shape index (κ3) is 3.46. The van der Waals surface area contributed by atoms with Gasteiger partial charge in [-0.15, -0.1) is 0 Å². The first-order valence-electron chi connectivity index (χ1n) is 8.79. The molecule has 1 aromatic carbocycles. The number of esters is 1. The van der Waals surface area contributed by atoms with Crippen molar-refractivity contribution >= 4 is 30.3 Å². The number of unbranched alkanes of at least 4 members (excludes halogenated alkanes) is 1. The van der Waals surface area contributed by atoms with E-state index in [0.717, 1.165) is 29.3 Å². The maximum Gasteiger partial charge on any atom is 0.338 e. The minimum Gasteiger partial charge on any atom is -0.462 e. The van der Waals surface area contributed by atoms with Gasteiger partial charge < -0.3 is 9.72 Å². The predicted octanol–water partition coefficient (Wildman–Crippen LogP) is 3.97. The number of ether oxygens (including phenoxy) is 1. The summed E-state index contributed by atoms with van der Waals surface area (Å²) in [7, 11) is 6.24. The smallest absolute Gasteiger partial charge is 0.338 e. The highest BCUT2D eigenvalue weighted by Gasteiger charge is 2.21. The average Bonchev–Trinajstić information content (AvgIpc) is 2.90. The third-order valence-electron chi connectivity index (χ3n) is 4.85. The zero-order chi connectivity index (χ0) is 16.2. The largest absolute Gasteiger partial charge is 0.462 e. The molecule has 2 radical (unpaired) electrons. The van der Waals surface area contributed by atoms with Crippen molar-refractivity contribution in [3.8, 4) is 0 Å². The van der Waals surface area contributed by atoms with Gasteiger partial charge in [0.15, 0.2) is 0 Å². The van der Waals surface area contributed by atoms with Crippen LogP contribution in [0.1, 0.15) is 73.7 Å². The summed E-state index contributed by atoms with van der Waals surface area (Å²) >= 11 is 0. The van der Waals surface area contributed by atoms with Crippen molar-refractivity contribution in [1.29, 1.82) is 0 Å². The molecule has 0 atom stereocenters. The third-order valence-corrected chi connectivity index (χ3v) is 4.85. The Morgan fingerprint density at radius 2 is 2.09 bits per heavy atom. The predicted molar refractivity (Wildman–Crippen MR) is 94.7 cm³/mol. The van der Waals surface area contributed by atoms with E-state index in [4.69, 9.17) is 12.6 Å². The van der Waals surface area contributed by atoms with Gasteiger partial charge in [0.25, 0.3) is 0 Å². The van der Waals surface area contributed by atoms with Crippen LogP contribution in [-0.2, 0) is 4.74 Å². The summed E-state index contributed by atoms with van der Waals surface area (Å²) in [4.78, 5) is 15.3. The molecule has 0 aliphatic heterocycles.